The highest BCUT2D eigenvalue weighted by molar-refractivity contribution is 8.00. The number of aliphatic carboxylic acids is 2. The van der Waals surface area contributed by atoms with E-state index >= 15 is 0 Å². The van der Waals surface area contributed by atoms with Gasteiger partial charge in [-0.1, -0.05) is 28.1 Å². The van der Waals surface area contributed by atoms with Crippen LogP contribution >= 0.6 is 34.7 Å². The van der Waals surface area contributed by atoms with Crippen LogP contribution in [0.3, 0.4) is 0 Å². The van der Waals surface area contributed by atoms with Crippen molar-refractivity contribution in [1.82, 2.24) is 30.1 Å². The molecule has 17 nitrogen and oxygen atoms in total. The van der Waals surface area contributed by atoms with Crippen molar-refractivity contribution < 1.29 is 38.8 Å². The molecule has 7 N–H and O–H groups in total. The molecule has 0 radical (unpaired) electrons. The maximum absolute atomic E-state index is 13.4. The number of β-lactam (4-membered cyclic amide) rings is 1. The van der Waals surface area contributed by atoms with Gasteiger partial charge in [-0.2, -0.15) is 0 Å². The lowest BCUT2D eigenvalue weighted by Gasteiger charge is -2.50. The van der Waals surface area contributed by atoms with Gasteiger partial charge in [0, 0.05) is 17.9 Å². The molecule has 3 aromatic heterocycles. The highest BCUT2D eigenvalue weighted by Crippen LogP contribution is 2.40. The van der Waals surface area contributed by atoms with Crippen LogP contribution in [0, 0.1) is 0 Å². The fourth-order valence-electron chi connectivity index (χ4n) is 5.54. The van der Waals surface area contributed by atoms with Crippen LogP contribution in [0.25, 0.3) is 11.2 Å². The molecule has 2 saturated heterocycles. The summed E-state index contributed by atoms with van der Waals surface area (Å²) in [6.07, 6.45) is 1.23. The van der Waals surface area contributed by atoms with E-state index in [0.29, 0.717) is 17.2 Å². The van der Waals surface area contributed by atoms with Gasteiger partial charge < -0.3 is 41.9 Å². The molecule has 0 unspecified atom stereocenters. The highest BCUT2D eigenvalue weighted by atomic mass is 35.5. The first kappa shape index (κ1) is 31.5. The van der Waals surface area contributed by atoms with Crippen molar-refractivity contribution in [3.05, 3.63) is 39.6 Å². The zero-order chi connectivity index (χ0) is 32.9. The number of carbonyl (C=O) groups is 4. The number of halogens is 1. The van der Waals surface area contributed by atoms with E-state index in [4.69, 9.17) is 33.0 Å². The molecule has 2 amide bonds. The molecule has 0 bridgehead atoms. The predicted octanol–water partition coefficient (Wildman–Crippen LogP) is -1.57. The van der Waals surface area contributed by atoms with E-state index < -0.39 is 47.0 Å². The Kier molecular flexibility index (Phi) is 8.49. The Labute approximate surface area is 273 Å². The van der Waals surface area contributed by atoms with Gasteiger partial charge >= 0.3 is 17.6 Å². The second-order valence-corrected chi connectivity index (χ2v) is 13.4. The van der Waals surface area contributed by atoms with E-state index in [1.165, 1.54) is 18.7 Å². The van der Waals surface area contributed by atoms with Crippen molar-refractivity contribution in [3.63, 3.8) is 0 Å². The van der Waals surface area contributed by atoms with Gasteiger partial charge in [0.1, 0.15) is 33.5 Å². The maximum Gasteiger partial charge on any atom is 0.351 e. The highest BCUT2D eigenvalue weighted by Gasteiger charge is 2.53. The lowest BCUT2D eigenvalue weighted by molar-refractivity contribution is -0.664. The fraction of sp³-hybridized carbons (Fsp3) is 0.385. The summed E-state index contributed by atoms with van der Waals surface area (Å²) in [6, 6.07) is 2.70. The third-order valence-electron chi connectivity index (χ3n) is 7.73. The van der Waals surface area contributed by atoms with Crippen LogP contribution in [0.5, 0.6) is 0 Å². The summed E-state index contributed by atoms with van der Waals surface area (Å²) >= 11 is 8.27. The number of rotatable bonds is 10. The predicted molar refractivity (Wildman–Crippen MR) is 164 cm³/mol. The van der Waals surface area contributed by atoms with E-state index in [-0.39, 0.29) is 39.2 Å². The molecular formula is C26H27ClN10O7S2. The third-order valence-corrected chi connectivity index (χ3v) is 10.2. The smallest absolute Gasteiger partial charge is 0.351 e. The van der Waals surface area contributed by atoms with E-state index in [0.717, 1.165) is 41.3 Å². The van der Waals surface area contributed by atoms with Gasteiger partial charge in [0.25, 0.3) is 11.8 Å². The number of anilines is 2. The van der Waals surface area contributed by atoms with Crippen LogP contribution in [0.15, 0.2) is 34.8 Å². The molecule has 46 heavy (non-hydrogen) atoms. The molecule has 4 atom stereocenters. The van der Waals surface area contributed by atoms with Gasteiger partial charge in [-0.15, -0.1) is 11.8 Å². The van der Waals surface area contributed by atoms with E-state index in [2.05, 4.69) is 25.8 Å². The summed E-state index contributed by atoms with van der Waals surface area (Å²) in [5.74, 6) is -4.00. The quantitative estimate of drug-likeness (QED) is 0.0699. The average Bonchev–Trinajstić information content (AvgIpc) is 3.74. The number of nitrogens with one attached hydrogen (secondary N) is 2. The van der Waals surface area contributed by atoms with Gasteiger partial charge in [0.15, 0.2) is 10.8 Å². The second kappa shape index (κ2) is 12.4. The largest absolute Gasteiger partial charge is 0.543 e. The zero-order valence-electron chi connectivity index (χ0n) is 24.0. The number of imidazole rings is 1. The van der Waals surface area contributed by atoms with Crippen LogP contribution in [0.1, 0.15) is 25.1 Å². The van der Waals surface area contributed by atoms with Crippen LogP contribution in [-0.2, 0) is 30.6 Å². The van der Waals surface area contributed by atoms with Gasteiger partial charge in [-0.25, -0.2) is 14.3 Å². The number of nitrogen functional groups attached to an aromatic ring is 2. The molecule has 0 aliphatic carbocycles. The lowest BCUT2D eigenvalue weighted by atomic mass is 10.0. The lowest BCUT2D eigenvalue weighted by Crippen LogP contribution is -2.71. The summed E-state index contributed by atoms with van der Waals surface area (Å²) in [5.41, 5.74) is 12.8. The van der Waals surface area contributed by atoms with Crippen molar-refractivity contribution in [2.75, 3.05) is 30.3 Å². The number of carbonyl (C=O) groups excluding carboxylic acids is 3. The normalized spacial score (nSPS) is 22.0. The number of oxime groups is 1. The number of carboxylic acids is 2. The maximum atomic E-state index is 13.4. The number of hydrogen-bond donors (Lipinski definition) is 5. The fourth-order valence-corrected chi connectivity index (χ4v) is 7.80. The van der Waals surface area contributed by atoms with Crippen molar-refractivity contribution in [2.45, 2.75) is 43.5 Å². The minimum Gasteiger partial charge on any atom is -0.543 e. The number of fused-ring (bicyclic) bond motifs is 2. The van der Waals surface area contributed by atoms with Gasteiger partial charge in [-0.3, -0.25) is 19.1 Å². The van der Waals surface area contributed by atoms with Crippen molar-refractivity contribution >= 4 is 86.4 Å². The molecule has 2 fully saturated rings. The number of amides is 2. The minimum absolute atomic E-state index is 0.00957. The molecule has 20 heteroatoms. The first-order chi connectivity index (χ1) is 22.0. The Balaban J connectivity index is 1.25. The Bertz CT molecular complexity index is 1840. The zero-order valence-corrected chi connectivity index (χ0v) is 26.4. The first-order valence-corrected chi connectivity index (χ1v) is 16.1. The van der Waals surface area contributed by atoms with Gasteiger partial charge in [0.2, 0.25) is 6.10 Å². The number of aromatic nitrogens is 4. The van der Waals surface area contributed by atoms with Crippen LogP contribution < -0.4 is 31.8 Å². The van der Waals surface area contributed by atoms with Crippen LogP contribution in [0.2, 0.25) is 4.34 Å². The number of nitrogens with zero attached hydrogens (tertiary/aromatic N) is 6. The Morgan fingerprint density at radius 3 is 2.80 bits per heavy atom. The number of thiazole rings is 1. The molecular weight excluding hydrogens is 664 g/mol. The molecule has 0 spiro atoms. The standard InChI is InChI=1S/C26H27ClN10O7S2/c1-10(23(40)41)44-34-15(14-18(27)46-26(29)32-14)20(38)31-16-21(39)37-17(24(42)43)11(9-45-22(16)37)8-35-6-2-3-13-19(35)33-25(28)36(13)12-4-5-30-7-12/h2-3,6,10,12,16,22,28,30H,4-5,7-9H2,1H3,(H5,29,31,32,38,40,41,42,43)/b34-15-/t10-,12-,16+,22+/m0/s1. The Morgan fingerprint density at radius 2 is 2.15 bits per heavy atom. The SMILES string of the molecule is C[C@H](O/N=C(\C(=O)N[C@@H]1C(=O)N2C(C(=O)[O-])=C(C[n+]3cccc4c3nc(N)n4[C@H]3CCNC3)CS[C@H]12)c1nc(N)sc1Cl)C(=O)O. The molecule has 6 heterocycles. The number of carboxylic acid groups (broad SMARTS) is 2. The van der Waals surface area contributed by atoms with Gasteiger partial charge in [-0.05, 0) is 37.0 Å². The van der Waals surface area contributed by atoms with E-state index in [1.54, 1.807) is 10.8 Å². The average molecular weight is 691 g/mol. The van der Waals surface area contributed by atoms with Crippen molar-refractivity contribution in [1.29, 1.82) is 0 Å². The van der Waals surface area contributed by atoms with Crippen LogP contribution in [0.4, 0.5) is 11.1 Å². The van der Waals surface area contributed by atoms with Crippen molar-refractivity contribution in [3.8, 4) is 0 Å². The molecule has 6 rings (SSSR count). The topological polar surface area (TPSA) is 247 Å². The minimum atomic E-state index is -1.55. The molecule has 0 aromatic carbocycles. The first-order valence-electron chi connectivity index (χ1n) is 13.9. The second-order valence-electron chi connectivity index (χ2n) is 10.6. The van der Waals surface area contributed by atoms with Crippen molar-refractivity contribution in [2.24, 2.45) is 5.16 Å². The third kappa shape index (κ3) is 5.59. The Hall–Kier alpha value is -4.46. The molecule has 0 saturated carbocycles. The van der Waals surface area contributed by atoms with E-state index in [1.807, 2.05) is 16.7 Å². The summed E-state index contributed by atoms with van der Waals surface area (Å²) in [4.78, 5) is 64.9. The summed E-state index contributed by atoms with van der Waals surface area (Å²) in [7, 11) is 0. The van der Waals surface area contributed by atoms with Crippen LogP contribution in [-0.4, -0.2) is 90.4 Å². The number of nitrogens with two attached hydrogens (primary N) is 2. The summed E-state index contributed by atoms with van der Waals surface area (Å²) in [5, 5.41) is 30.3. The Morgan fingerprint density at radius 1 is 1.37 bits per heavy atom. The molecule has 3 aliphatic heterocycles. The summed E-state index contributed by atoms with van der Waals surface area (Å²) in [6.45, 7) is 2.91. The monoisotopic (exact) mass is 690 g/mol. The number of hydrogen-bond acceptors (Lipinski definition) is 14. The molecule has 3 aliphatic rings. The molecule has 242 valence electrons. The molecule has 3 aromatic rings. The van der Waals surface area contributed by atoms with Gasteiger partial charge in [0.05, 0.1) is 23.9 Å². The van der Waals surface area contributed by atoms with E-state index in [9.17, 15) is 24.3 Å². The number of pyridine rings is 1. The number of thioether (sulfide) groups is 1. The summed E-state index contributed by atoms with van der Waals surface area (Å²) < 4.78 is 3.73.